The van der Waals surface area contributed by atoms with E-state index in [9.17, 15) is 4.39 Å². The fraction of sp³-hybridized carbons (Fsp3) is 0.500. The molecule has 0 bridgehead atoms. The Morgan fingerprint density at radius 2 is 2.00 bits per heavy atom. The lowest BCUT2D eigenvalue weighted by molar-refractivity contribution is 0.491. The topological polar surface area (TPSA) is 26.0 Å². The summed E-state index contributed by atoms with van der Waals surface area (Å²) >= 11 is 5.67. The summed E-state index contributed by atoms with van der Waals surface area (Å²) in [7, 11) is 0. The standard InChI is InChI=1S/C12H17ClFN/c1-8(2)3-6-12(15)10-5-4-9(13)7-11(10)14/h4-5,7-8,12H,3,6,15H2,1-2H3/t12-/m1/s1. The molecule has 0 unspecified atom stereocenters. The summed E-state index contributed by atoms with van der Waals surface area (Å²) in [6, 6.07) is 4.42. The molecule has 0 heterocycles. The van der Waals surface area contributed by atoms with E-state index in [1.807, 2.05) is 0 Å². The first-order valence-electron chi connectivity index (χ1n) is 5.21. The van der Waals surface area contributed by atoms with E-state index in [-0.39, 0.29) is 11.9 Å². The van der Waals surface area contributed by atoms with Crippen LogP contribution < -0.4 is 5.73 Å². The summed E-state index contributed by atoms with van der Waals surface area (Å²) in [5, 5.41) is 0.410. The van der Waals surface area contributed by atoms with Gasteiger partial charge in [-0.25, -0.2) is 4.39 Å². The molecule has 0 aromatic heterocycles. The van der Waals surface area contributed by atoms with E-state index in [1.54, 1.807) is 12.1 Å². The van der Waals surface area contributed by atoms with Gasteiger partial charge in [0, 0.05) is 16.6 Å². The lowest BCUT2D eigenvalue weighted by atomic mass is 9.98. The molecule has 0 aliphatic heterocycles. The van der Waals surface area contributed by atoms with Crippen LogP contribution in [0.1, 0.15) is 38.3 Å². The van der Waals surface area contributed by atoms with Crippen molar-refractivity contribution in [2.75, 3.05) is 0 Å². The molecule has 0 amide bonds. The summed E-state index contributed by atoms with van der Waals surface area (Å²) < 4.78 is 13.5. The Labute approximate surface area is 95.4 Å². The highest BCUT2D eigenvalue weighted by atomic mass is 35.5. The van der Waals surface area contributed by atoms with Crippen LogP contribution in [0.2, 0.25) is 5.02 Å². The molecule has 1 rings (SSSR count). The Bertz CT molecular complexity index is 325. The van der Waals surface area contributed by atoms with Crippen LogP contribution in [0.25, 0.3) is 0 Å². The van der Waals surface area contributed by atoms with Gasteiger partial charge in [0.25, 0.3) is 0 Å². The minimum absolute atomic E-state index is 0.232. The quantitative estimate of drug-likeness (QED) is 0.832. The van der Waals surface area contributed by atoms with E-state index < -0.39 is 0 Å². The van der Waals surface area contributed by atoms with E-state index in [2.05, 4.69) is 13.8 Å². The van der Waals surface area contributed by atoms with Gasteiger partial charge in [-0.15, -0.1) is 0 Å². The lowest BCUT2D eigenvalue weighted by Crippen LogP contribution is -2.12. The van der Waals surface area contributed by atoms with E-state index in [0.717, 1.165) is 12.8 Å². The molecule has 1 aromatic carbocycles. The molecule has 1 atom stereocenters. The maximum atomic E-state index is 13.5. The van der Waals surface area contributed by atoms with Gasteiger partial charge in [-0.3, -0.25) is 0 Å². The normalized spacial score (nSPS) is 13.2. The largest absolute Gasteiger partial charge is 0.324 e. The molecular weight excluding hydrogens is 213 g/mol. The highest BCUT2D eigenvalue weighted by Crippen LogP contribution is 2.23. The number of hydrogen-bond donors (Lipinski definition) is 1. The van der Waals surface area contributed by atoms with Crippen molar-refractivity contribution in [1.82, 2.24) is 0 Å². The van der Waals surface area contributed by atoms with Crippen LogP contribution in [0.15, 0.2) is 18.2 Å². The summed E-state index contributed by atoms with van der Waals surface area (Å²) in [4.78, 5) is 0. The van der Waals surface area contributed by atoms with Crippen LogP contribution >= 0.6 is 11.6 Å². The van der Waals surface area contributed by atoms with Crippen molar-refractivity contribution < 1.29 is 4.39 Å². The summed E-state index contributed by atoms with van der Waals surface area (Å²) in [6.45, 7) is 4.26. The minimum atomic E-state index is -0.307. The molecule has 0 saturated carbocycles. The number of rotatable bonds is 4. The summed E-state index contributed by atoms with van der Waals surface area (Å²) in [5.41, 5.74) is 6.47. The second-order valence-electron chi connectivity index (χ2n) is 4.24. The Morgan fingerprint density at radius 3 is 2.53 bits per heavy atom. The smallest absolute Gasteiger partial charge is 0.129 e. The van der Waals surface area contributed by atoms with Gasteiger partial charge in [-0.1, -0.05) is 31.5 Å². The molecule has 1 nitrogen and oxygen atoms in total. The zero-order valence-electron chi connectivity index (χ0n) is 9.13. The van der Waals surface area contributed by atoms with Crippen LogP contribution in [0.4, 0.5) is 4.39 Å². The SMILES string of the molecule is CC(C)CC[C@@H](N)c1ccc(Cl)cc1F. The molecule has 3 heteroatoms. The molecule has 0 saturated heterocycles. The summed E-state index contributed by atoms with van der Waals surface area (Å²) in [6.07, 6.45) is 1.81. The third kappa shape index (κ3) is 3.80. The number of benzene rings is 1. The van der Waals surface area contributed by atoms with Crippen molar-refractivity contribution in [1.29, 1.82) is 0 Å². The van der Waals surface area contributed by atoms with Gasteiger partial charge in [0.05, 0.1) is 0 Å². The molecule has 0 radical (unpaired) electrons. The molecule has 84 valence electrons. The van der Waals surface area contributed by atoms with Crippen LogP contribution in [-0.2, 0) is 0 Å². The van der Waals surface area contributed by atoms with E-state index >= 15 is 0 Å². The van der Waals surface area contributed by atoms with E-state index in [4.69, 9.17) is 17.3 Å². The Hall–Kier alpha value is -0.600. The van der Waals surface area contributed by atoms with Gasteiger partial charge >= 0.3 is 0 Å². The molecule has 15 heavy (non-hydrogen) atoms. The highest BCUT2D eigenvalue weighted by molar-refractivity contribution is 6.30. The van der Waals surface area contributed by atoms with Crippen molar-refractivity contribution >= 4 is 11.6 Å². The maximum Gasteiger partial charge on any atom is 0.129 e. The van der Waals surface area contributed by atoms with Crippen LogP contribution in [0.5, 0.6) is 0 Å². The van der Waals surface area contributed by atoms with Crippen LogP contribution in [0.3, 0.4) is 0 Å². The Morgan fingerprint density at radius 1 is 1.33 bits per heavy atom. The molecule has 0 fully saturated rings. The molecule has 0 aliphatic carbocycles. The first-order chi connectivity index (χ1) is 7.00. The number of halogens is 2. The zero-order chi connectivity index (χ0) is 11.4. The van der Waals surface area contributed by atoms with E-state index in [0.29, 0.717) is 16.5 Å². The number of hydrogen-bond acceptors (Lipinski definition) is 1. The summed E-state index contributed by atoms with van der Waals surface area (Å²) in [5.74, 6) is 0.283. The molecule has 2 N–H and O–H groups in total. The second-order valence-corrected chi connectivity index (χ2v) is 4.68. The predicted molar refractivity (Wildman–Crippen MR) is 62.4 cm³/mol. The second kappa shape index (κ2) is 5.47. The fourth-order valence-corrected chi connectivity index (χ4v) is 1.63. The Balaban J connectivity index is 2.69. The van der Waals surface area contributed by atoms with Gasteiger partial charge in [0.15, 0.2) is 0 Å². The van der Waals surface area contributed by atoms with Gasteiger partial charge in [-0.05, 0) is 30.9 Å². The predicted octanol–water partition coefficient (Wildman–Crippen LogP) is 3.92. The van der Waals surface area contributed by atoms with Gasteiger partial charge in [-0.2, -0.15) is 0 Å². The molecule has 0 aliphatic rings. The first kappa shape index (κ1) is 12.5. The molecule has 1 aromatic rings. The third-order valence-corrected chi connectivity index (χ3v) is 2.65. The van der Waals surface area contributed by atoms with Crippen molar-refractivity contribution in [2.45, 2.75) is 32.7 Å². The van der Waals surface area contributed by atoms with E-state index in [1.165, 1.54) is 6.07 Å². The average Bonchev–Trinajstić information content (AvgIpc) is 2.14. The highest BCUT2D eigenvalue weighted by Gasteiger charge is 2.11. The monoisotopic (exact) mass is 229 g/mol. The van der Waals surface area contributed by atoms with Crippen LogP contribution in [0, 0.1) is 11.7 Å². The van der Waals surface area contributed by atoms with Crippen LogP contribution in [-0.4, -0.2) is 0 Å². The van der Waals surface area contributed by atoms with Crippen molar-refractivity contribution in [3.05, 3.63) is 34.6 Å². The fourth-order valence-electron chi connectivity index (χ4n) is 1.47. The Kier molecular flexibility index (Phi) is 4.55. The zero-order valence-corrected chi connectivity index (χ0v) is 9.89. The van der Waals surface area contributed by atoms with Gasteiger partial charge in [0.1, 0.15) is 5.82 Å². The van der Waals surface area contributed by atoms with Crippen molar-refractivity contribution in [2.24, 2.45) is 11.7 Å². The molecule has 0 spiro atoms. The average molecular weight is 230 g/mol. The van der Waals surface area contributed by atoms with Gasteiger partial charge in [0.2, 0.25) is 0 Å². The minimum Gasteiger partial charge on any atom is -0.324 e. The van der Waals surface area contributed by atoms with Gasteiger partial charge < -0.3 is 5.73 Å². The van der Waals surface area contributed by atoms with Crippen molar-refractivity contribution in [3.8, 4) is 0 Å². The van der Waals surface area contributed by atoms with Crippen molar-refractivity contribution in [3.63, 3.8) is 0 Å². The number of nitrogens with two attached hydrogens (primary N) is 1. The lowest BCUT2D eigenvalue weighted by Gasteiger charge is -2.14. The molecular formula is C12H17ClFN. The third-order valence-electron chi connectivity index (χ3n) is 2.42. The first-order valence-corrected chi connectivity index (χ1v) is 5.59. The maximum absolute atomic E-state index is 13.5.